The van der Waals surface area contributed by atoms with Crippen LogP contribution in [0.15, 0.2) is 54.6 Å². The van der Waals surface area contributed by atoms with Crippen molar-refractivity contribution in [3.05, 3.63) is 65.7 Å². The number of piperidine rings is 1. The van der Waals surface area contributed by atoms with Crippen LogP contribution < -0.4 is 5.32 Å². The van der Waals surface area contributed by atoms with Crippen LogP contribution in [0.25, 0.3) is 0 Å². The van der Waals surface area contributed by atoms with Crippen molar-refractivity contribution >= 4 is 17.5 Å². The lowest BCUT2D eigenvalue weighted by molar-refractivity contribution is 0.0390. The first-order chi connectivity index (χ1) is 13.2. The number of carbonyl (C=O) groups is 2. The number of carbonyl (C=O) groups excluding carboxylic acids is 2. The molecule has 2 aliphatic rings. The van der Waals surface area contributed by atoms with Crippen molar-refractivity contribution in [1.29, 1.82) is 0 Å². The molecule has 2 aromatic carbocycles. The molecule has 1 aliphatic heterocycles. The molecule has 1 heterocycles. The highest BCUT2D eigenvalue weighted by Gasteiger charge is 2.35. The summed E-state index contributed by atoms with van der Waals surface area (Å²) in [6, 6.07) is 16.8. The molecular weight excluding hydrogens is 336 g/mol. The fourth-order valence-corrected chi connectivity index (χ4v) is 4.53. The molecule has 0 unspecified atom stereocenters. The lowest BCUT2D eigenvalue weighted by Gasteiger charge is -2.44. The van der Waals surface area contributed by atoms with Crippen LogP contribution in [0.4, 0.5) is 5.69 Å². The molecule has 1 N–H and O–H groups in total. The molecule has 140 valence electrons. The van der Waals surface area contributed by atoms with Gasteiger partial charge in [-0.1, -0.05) is 31.0 Å². The molecule has 2 fully saturated rings. The van der Waals surface area contributed by atoms with Crippen LogP contribution in [0.2, 0.25) is 0 Å². The zero-order chi connectivity index (χ0) is 18.6. The minimum atomic E-state index is -0.143. The van der Waals surface area contributed by atoms with Gasteiger partial charge in [-0.25, -0.2) is 0 Å². The predicted molar refractivity (Wildman–Crippen MR) is 107 cm³/mol. The van der Waals surface area contributed by atoms with E-state index in [4.69, 9.17) is 0 Å². The monoisotopic (exact) mass is 362 g/mol. The SMILES string of the molecule is O=C(Nc1ccc(C(=O)N2CCC[C@H]3CCCC[C@@H]32)cc1)c1ccccc1. The molecule has 0 radical (unpaired) electrons. The largest absolute Gasteiger partial charge is 0.335 e. The molecule has 2 aromatic rings. The lowest BCUT2D eigenvalue weighted by Crippen LogP contribution is -2.49. The van der Waals surface area contributed by atoms with E-state index in [-0.39, 0.29) is 11.8 Å². The Balaban J connectivity index is 1.44. The summed E-state index contributed by atoms with van der Waals surface area (Å²) >= 11 is 0. The van der Waals surface area contributed by atoms with E-state index in [1.54, 1.807) is 12.1 Å². The summed E-state index contributed by atoms with van der Waals surface area (Å²) in [5.41, 5.74) is 2.03. The molecule has 0 aromatic heterocycles. The Hall–Kier alpha value is -2.62. The Bertz CT molecular complexity index is 799. The lowest BCUT2D eigenvalue weighted by atomic mass is 9.78. The van der Waals surface area contributed by atoms with Gasteiger partial charge in [0.05, 0.1) is 0 Å². The molecule has 4 rings (SSSR count). The van der Waals surface area contributed by atoms with E-state index in [9.17, 15) is 9.59 Å². The molecule has 4 heteroatoms. The van der Waals surface area contributed by atoms with E-state index in [1.807, 2.05) is 42.5 Å². The number of benzene rings is 2. The Morgan fingerprint density at radius 2 is 1.52 bits per heavy atom. The molecule has 4 nitrogen and oxygen atoms in total. The van der Waals surface area contributed by atoms with Gasteiger partial charge in [0.15, 0.2) is 0 Å². The van der Waals surface area contributed by atoms with E-state index < -0.39 is 0 Å². The Labute approximate surface area is 160 Å². The maximum absolute atomic E-state index is 13.0. The number of hydrogen-bond acceptors (Lipinski definition) is 2. The van der Waals surface area contributed by atoms with Gasteiger partial charge in [0.2, 0.25) is 0 Å². The predicted octanol–water partition coefficient (Wildman–Crippen LogP) is 4.73. The average molecular weight is 362 g/mol. The minimum absolute atomic E-state index is 0.132. The van der Waals surface area contributed by atoms with Gasteiger partial charge in [0.1, 0.15) is 0 Å². The van der Waals surface area contributed by atoms with Crippen LogP contribution in [0.1, 0.15) is 59.2 Å². The summed E-state index contributed by atoms with van der Waals surface area (Å²) in [5, 5.41) is 2.89. The first-order valence-corrected chi connectivity index (χ1v) is 10.00. The molecule has 1 saturated heterocycles. The van der Waals surface area contributed by atoms with E-state index in [0.29, 0.717) is 28.8 Å². The molecule has 0 spiro atoms. The van der Waals surface area contributed by atoms with Crippen molar-refractivity contribution in [3.63, 3.8) is 0 Å². The number of amides is 2. The smallest absolute Gasteiger partial charge is 0.255 e. The third-order valence-electron chi connectivity index (χ3n) is 5.93. The van der Waals surface area contributed by atoms with E-state index in [1.165, 1.54) is 25.7 Å². The number of nitrogens with zero attached hydrogens (tertiary/aromatic N) is 1. The third-order valence-corrected chi connectivity index (χ3v) is 5.93. The molecule has 2 amide bonds. The Kier molecular flexibility index (Phi) is 5.23. The van der Waals surface area contributed by atoms with Crippen molar-refractivity contribution < 1.29 is 9.59 Å². The van der Waals surface area contributed by atoms with Crippen LogP contribution in [0, 0.1) is 5.92 Å². The van der Waals surface area contributed by atoms with E-state index in [2.05, 4.69) is 10.2 Å². The number of hydrogen-bond donors (Lipinski definition) is 1. The molecule has 1 aliphatic carbocycles. The van der Waals surface area contributed by atoms with Gasteiger partial charge in [0.25, 0.3) is 11.8 Å². The summed E-state index contributed by atoms with van der Waals surface area (Å²) in [6.45, 7) is 0.868. The zero-order valence-corrected chi connectivity index (χ0v) is 15.6. The number of fused-ring (bicyclic) bond motifs is 1. The third kappa shape index (κ3) is 3.90. The second-order valence-electron chi connectivity index (χ2n) is 7.65. The highest BCUT2D eigenvalue weighted by molar-refractivity contribution is 6.04. The van der Waals surface area contributed by atoms with Gasteiger partial charge in [0, 0.05) is 29.4 Å². The maximum atomic E-state index is 13.0. The van der Waals surface area contributed by atoms with Crippen molar-refractivity contribution in [2.24, 2.45) is 5.92 Å². The first kappa shape index (κ1) is 17.8. The van der Waals surface area contributed by atoms with Gasteiger partial charge in [-0.05, 0) is 68.0 Å². The number of nitrogens with one attached hydrogen (secondary N) is 1. The molecule has 27 heavy (non-hydrogen) atoms. The van der Waals surface area contributed by atoms with Crippen LogP contribution in [-0.2, 0) is 0 Å². The molecule has 0 bridgehead atoms. The number of rotatable bonds is 3. The van der Waals surface area contributed by atoms with Gasteiger partial charge >= 0.3 is 0 Å². The summed E-state index contributed by atoms with van der Waals surface area (Å²) in [7, 11) is 0. The van der Waals surface area contributed by atoms with Crippen LogP contribution in [0.5, 0.6) is 0 Å². The summed E-state index contributed by atoms with van der Waals surface area (Å²) in [6.07, 6.45) is 7.31. The second kappa shape index (κ2) is 7.95. The van der Waals surface area contributed by atoms with Gasteiger partial charge in [-0.3, -0.25) is 9.59 Å². The maximum Gasteiger partial charge on any atom is 0.255 e. The molecule has 2 atom stereocenters. The van der Waals surface area contributed by atoms with Gasteiger partial charge in [-0.2, -0.15) is 0 Å². The Morgan fingerprint density at radius 3 is 2.30 bits per heavy atom. The highest BCUT2D eigenvalue weighted by atomic mass is 16.2. The van der Waals surface area contributed by atoms with Crippen LogP contribution in [-0.4, -0.2) is 29.3 Å². The molecule has 1 saturated carbocycles. The number of likely N-dealkylation sites (tertiary alicyclic amines) is 1. The highest BCUT2D eigenvalue weighted by Crippen LogP contribution is 2.36. The first-order valence-electron chi connectivity index (χ1n) is 10.00. The van der Waals surface area contributed by atoms with E-state index in [0.717, 1.165) is 19.4 Å². The minimum Gasteiger partial charge on any atom is -0.335 e. The molecular formula is C23H26N2O2. The topological polar surface area (TPSA) is 49.4 Å². The van der Waals surface area contributed by atoms with Crippen LogP contribution in [0.3, 0.4) is 0 Å². The normalized spacial score (nSPS) is 22.0. The quantitative estimate of drug-likeness (QED) is 0.858. The van der Waals surface area contributed by atoms with Gasteiger partial charge in [-0.15, -0.1) is 0 Å². The van der Waals surface area contributed by atoms with Crippen molar-refractivity contribution in [2.45, 2.75) is 44.6 Å². The number of anilines is 1. The van der Waals surface area contributed by atoms with Crippen molar-refractivity contribution in [3.8, 4) is 0 Å². The Morgan fingerprint density at radius 1 is 0.815 bits per heavy atom. The zero-order valence-electron chi connectivity index (χ0n) is 15.6. The van der Waals surface area contributed by atoms with Gasteiger partial charge < -0.3 is 10.2 Å². The summed E-state index contributed by atoms with van der Waals surface area (Å²) in [5.74, 6) is 0.671. The fraction of sp³-hybridized carbons (Fsp3) is 0.391. The second-order valence-corrected chi connectivity index (χ2v) is 7.65. The summed E-state index contributed by atoms with van der Waals surface area (Å²) < 4.78 is 0. The standard InChI is InChI=1S/C23H26N2O2/c26-22(18-8-2-1-3-9-18)24-20-14-12-19(13-15-20)23(27)25-16-6-10-17-7-4-5-11-21(17)25/h1-3,8-9,12-15,17,21H,4-7,10-11,16H2,(H,24,26)/t17-,21+/m1/s1. The van der Waals surface area contributed by atoms with Crippen LogP contribution >= 0.6 is 0 Å². The van der Waals surface area contributed by atoms with Crippen molar-refractivity contribution in [1.82, 2.24) is 4.90 Å². The van der Waals surface area contributed by atoms with E-state index >= 15 is 0 Å². The fourth-order valence-electron chi connectivity index (χ4n) is 4.53. The average Bonchev–Trinajstić information content (AvgIpc) is 2.74. The van der Waals surface area contributed by atoms with Crippen molar-refractivity contribution in [2.75, 3.05) is 11.9 Å². The summed E-state index contributed by atoms with van der Waals surface area (Å²) in [4.78, 5) is 27.4.